The number of sulfone groups is 1. The van der Waals surface area contributed by atoms with E-state index < -0.39 is 9.84 Å². The van der Waals surface area contributed by atoms with Gasteiger partial charge in [-0.05, 0) is 13.8 Å². The molecule has 4 nitrogen and oxygen atoms in total. The van der Waals surface area contributed by atoms with Crippen molar-refractivity contribution in [3.05, 3.63) is 12.7 Å². The molecule has 0 aromatic carbocycles. The Kier molecular flexibility index (Phi) is 6.80. The van der Waals surface area contributed by atoms with Crippen LogP contribution in [-0.4, -0.2) is 55.7 Å². The van der Waals surface area contributed by atoms with E-state index in [0.717, 1.165) is 0 Å². The second-order valence-corrected chi connectivity index (χ2v) is 6.41. The van der Waals surface area contributed by atoms with Crippen molar-refractivity contribution in [2.75, 3.05) is 32.0 Å². The summed E-state index contributed by atoms with van der Waals surface area (Å²) in [6.07, 6.45) is 1.71. The van der Waals surface area contributed by atoms with Crippen molar-refractivity contribution in [1.82, 2.24) is 4.90 Å². The van der Waals surface area contributed by atoms with Crippen molar-refractivity contribution in [2.45, 2.75) is 19.1 Å². The van der Waals surface area contributed by atoms with Gasteiger partial charge >= 0.3 is 0 Å². The predicted molar refractivity (Wildman–Crippen MR) is 62.6 cm³/mol. The van der Waals surface area contributed by atoms with Gasteiger partial charge in [0, 0.05) is 19.6 Å². The lowest BCUT2D eigenvalue weighted by Crippen LogP contribution is -2.33. The van der Waals surface area contributed by atoms with E-state index in [2.05, 4.69) is 6.58 Å². The Labute approximate surface area is 92.5 Å². The molecule has 0 aromatic heterocycles. The molecular formula is C10H21NO3S. The zero-order chi connectivity index (χ0) is 11.9. The van der Waals surface area contributed by atoms with Crippen LogP contribution in [0.4, 0.5) is 0 Å². The first-order chi connectivity index (χ1) is 6.94. The highest BCUT2D eigenvalue weighted by molar-refractivity contribution is 7.92. The molecule has 0 radical (unpaired) electrons. The van der Waals surface area contributed by atoms with E-state index in [9.17, 15) is 8.42 Å². The standard InChI is InChI=1S/C10H21NO3S/c1-4-5-11(6-8-12)7-9-15(13,14)10(2)3/h4,10,12H,1,5-9H2,2-3H3. The maximum Gasteiger partial charge on any atom is 0.153 e. The largest absolute Gasteiger partial charge is 0.395 e. The van der Waals surface area contributed by atoms with Gasteiger partial charge in [0.05, 0.1) is 17.6 Å². The zero-order valence-electron chi connectivity index (χ0n) is 9.52. The van der Waals surface area contributed by atoms with E-state index in [0.29, 0.717) is 19.6 Å². The molecular weight excluding hydrogens is 214 g/mol. The molecule has 0 aromatic rings. The van der Waals surface area contributed by atoms with Crippen molar-refractivity contribution in [3.63, 3.8) is 0 Å². The quantitative estimate of drug-likeness (QED) is 0.614. The lowest BCUT2D eigenvalue weighted by molar-refractivity contribution is 0.215. The van der Waals surface area contributed by atoms with Gasteiger partial charge in [0.1, 0.15) is 0 Å². The highest BCUT2D eigenvalue weighted by atomic mass is 32.2. The van der Waals surface area contributed by atoms with Gasteiger partial charge in [-0.2, -0.15) is 0 Å². The first-order valence-electron chi connectivity index (χ1n) is 5.09. The highest BCUT2D eigenvalue weighted by Gasteiger charge is 2.17. The second kappa shape index (κ2) is 6.98. The molecule has 0 saturated carbocycles. The van der Waals surface area contributed by atoms with E-state index in [1.165, 1.54) is 0 Å². The molecule has 0 rings (SSSR count). The molecule has 90 valence electrons. The van der Waals surface area contributed by atoms with E-state index in [1.807, 2.05) is 4.90 Å². The van der Waals surface area contributed by atoms with Crippen molar-refractivity contribution in [3.8, 4) is 0 Å². The minimum absolute atomic E-state index is 0.0373. The first kappa shape index (κ1) is 14.6. The minimum Gasteiger partial charge on any atom is -0.395 e. The summed E-state index contributed by atoms with van der Waals surface area (Å²) in [5.74, 6) is 0.137. The minimum atomic E-state index is -2.99. The molecule has 1 N–H and O–H groups in total. The number of hydrogen-bond donors (Lipinski definition) is 1. The number of aliphatic hydroxyl groups is 1. The third-order valence-electron chi connectivity index (χ3n) is 2.21. The van der Waals surface area contributed by atoms with Gasteiger partial charge in [0.2, 0.25) is 0 Å². The van der Waals surface area contributed by atoms with Gasteiger partial charge in [0.15, 0.2) is 9.84 Å². The van der Waals surface area contributed by atoms with Crippen LogP contribution in [0.1, 0.15) is 13.8 Å². The molecule has 0 aliphatic carbocycles. The fourth-order valence-corrected chi connectivity index (χ4v) is 2.09. The lowest BCUT2D eigenvalue weighted by Gasteiger charge is -2.19. The third kappa shape index (κ3) is 5.92. The topological polar surface area (TPSA) is 57.6 Å². The molecule has 15 heavy (non-hydrogen) atoms. The van der Waals surface area contributed by atoms with Gasteiger partial charge in [-0.3, -0.25) is 4.90 Å². The summed E-state index contributed by atoms with van der Waals surface area (Å²) in [6.45, 7) is 8.53. The molecule has 0 spiro atoms. The van der Waals surface area contributed by atoms with Crippen molar-refractivity contribution in [2.24, 2.45) is 0 Å². The molecule has 0 fully saturated rings. The molecule has 0 aliphatic rings. The zero-order valence-corrected chi connectivity index (χ0v) is 10.3. The summed E-state index contributed by atoms with van der Waals surface area (Å²) in [5, 5.41) is 8.44. The van der Waals surface area contributed by atoms with Crippen molar-refractivity contribution < 1.29 is 13.5 Å². The van der Waals surface area contributed by atoms with Crippen LogP contribution >= 0.6 is 0 Å². The van der Waals surface area contributed by atoms with Gasteiger partial charge < -0.3 is 5.11 Å². The SMILES string of the molecule is C=CCN(CCO)CCS(=O)(=O)C(C)C. The number of aliphatic hydroxyl groups excluding tert-OH is 1. The smallest absolute Gasteiger partial charge is 0.153 e. The Morgan fingerprint density at radius 1 is 1.40 bits per heavy atom. The molecule has 0 heterocycles. The molecule has 0 atom stereocenters. The summed E-state index contributed by atoms with van der Waals surface area (Å²) in [7, 11) is -2.99. The Morgan fingerprint density at radius 2 is 2.00 bits per heavy atom. The molecule has 0 bridgehead atoms. The van der Waals surface area contributed by atoms with Gasteiger partial charge in [-0.25, -0.2) is 8.42 Å². The molecule has 0 saturated heterocycles. The van der Waals surface area contributed by atoms with Crippen LogP contribution in [0.15, 0.2) is 12.7 Å². The monoisotopic (exact) mass is 235 g/mol. The van der Waals surface area contributed by atoms with E-state index in [4.69, 9.17) is 5.11 Å². The predicted octanol–water partition coefficient (Wildman–Crippen LogP) is 0.290. The lowest BCUT2D eigenvalue weighted by atomic mass is 10.4. The summed E-state index contributed by atoms with van der Waals surface area (Å²) in [6, 6.07) is 0. The summed E-state index contributed by atoms with van der Waals surface area (Å²) in [4.78, 5) is 1.87. The first-order valence-corrected chi connectivity index (χ1v) is 6.81. The van der Waals surface area contributed by atoms with Gasteiger partial charge in [0.25, 0.3) is 0 Å². The van der Waals surface area contributed by atoms with E-state index in [1.54, 1.807) is 19.9 Å². The Morgan fingerprint density at radius 3 is 2.40 bits per heavy atom. The fraction of sp³-hybridized carbons (Fsp3) is 0.800. The Hall–Kier alpha value is -0.390. The van der Waals surface area contributed by atoms with E-state index >= 15 is 0 Å². The van der Waals surface area contributed by atoms with Crippen LogP contribution in [0.5, 0.6) is 0 Å². The Bertz CT molecular complexity index is 272. The summed E-state index contributed by atoms with van der Waals surface area (Å²) < 4.78 is 23.1. The molecule has 0 aliphatic heterocycles. The van der Waals surface area contributed by atoms with Crippen LogP contribution in [0, 0.1) is 0 Å². The number of rotatable bonds is 8. The normalized spacial score (nSPS) is 12.3. The fourth-order valence-electron chi connectivity index (χ4n) is 1.11. The Balaban J connectivity index is 4.14. The average Bonchev–Trinajstić information content (AvgIpc) is 2.15. The van der Waals surface area contributed by atoms with E-state index in [-0.39, 0.29) is 17.6 Å². The summed E-state index contributed by atoms with van der Waals surface area (Å²) >= 11 is 0. The van der Waals surface area contributed by atoms with Crippen LogP contribution in [0.2, 0.25) is 0 Å². The molecule has 0 amide bonds. The summed E-state index contributed by atoms with van der Waals surface area (Å²) in [5.41, 5.74) is 0. The van der Waals surface area contributed by atoms with Crippen molar-refractivity contribution in [1.29, 1.82) is 0 Å². The third-order valence-corrected chi connectivity index (χ3v) is 4.40. The maximum atomic E-state index is 11.5. The van der Waals surface area contributed by atoms with Crippen molar-refractivity contribution >= 4 is 9.84 Å². The van der Waals surface area contributed by atoms with Crippen LogP contribution in [-0.2, 0) is 9.84 Å². The van der Waals surface area contributed by atoms with Gasteiger partial charge in [-0.1, -0.05) is 6.08 Å². The van der Waals surface area contributed by atoms with Crippen LogP contribution in [0.3, 0.4) is 0 Å². The van der Waals surface area contributed by atoms with Gasteiger partial charge in [-0.15, -0.1) is 6.58 Å². The highest BCUT2D eigenvalue weighted by Crippen LogP contribution is 2.01. The number of nitrogens with zero attached hydrogens (tertiary/aromatic N) is 1. The maximum absolute atomic E-state index is 11.5. The average molecular weight is 235 g/mol. The number of hydrogen-bond acceptors (Lipinski definition) is 4. The van der Waals surface area contributed by atoms with Crippen LogP contribution < -0.4 is 0 Å². The second-order valence-electron chi connectivity index (χ2n) is 3.73. The molecule has 5 heteroatoms. The molecule has 0 unspecified atom stereocenters. The van der Waals surface area contributed by atoms with Crippen LogP contribution in [0.25, 0.3) is 0 Å².